The van der Waals surface area contributed by atoms with Crippen LogP contribution in [0.15, 0.2) is 0 Å². The van der Waals surface area contributed by atoms with Gasteiger partial charge in [0, 0.05) is 25.7 Å². The van der Waals surface area contributed by atoms with Gasteiger partial charge in [0.1, 0.15) is 0 Å². The summed E-state index contributed by atoms with van der Waals surface area (Å²) in [5, 5.41) is 12.0. The molecular formula is C14H25N3O3. The zero-order valence-corrected chi connectivity index (χ0v) is 12.3. The van der Waals surface area contributed by atoms with Gasteiger partial charge in [0.05, 0.1) is 5.92 Å². The van der Waals surface area contributed by atoms with Crippen molar-refractivity contribution < 1.29 is 14.7 Å². The molecule has 0 bridgehead atoms. The number of aliphatic carboxylic acids is 1. The van der Waals surface area contributed by atoms with Gasteiger partial charge in [-0.25, -0.2) is 4.79 Å². The average molecular weight is 283 g/mol. The molecule has 6 nitrogen and oxygen atoms in total. The van der Waals surface area contributed by atoms with Crippen LogP contribution >= 0.6 is 0 Å². The van der Waals surface area contributed by atoms with Crippen molar-refractivity contribution in [2.24, 2.45) is 11.8 Å². The maximum absolute atomic E-state index is 12.1. The van der Waals surface area contributed by atoms with E-state index in [2.05, 4.69) is 17.1 Å². The van der Waals surface area contributed by atoms with Gasteiger partial charge in [-0.15, -0.1) is 0 Å². The van der Waals surface area contributed by atoms with Crippen LogP contribution in [0.4, 0.5) is 4.79 Å². The largest absolute Gasteiger partial charge is 0.481 e. The molecule has 114 valence electrons. The van der Waals surface area contributed by atoms with E-state index >= 15 is 0 Å². The average Bonchev–Trinajstić information content (AvgIpc) is 3.02. The van der Waals surface area contributed by atoms with Crippen LogP contribution < -0.4 is 5.32 Å². The predicted molar refractivity (Wildman–Crippen MR) is 75.5 cm³/mol. The molecule has 2 N–H and O–H groups in total. The van der Waals surface area contributed by atoms with Gasteiger partial charge in [-0.2, -0.15) is 0 Å². The van der Waals surface area contributed by atoms with E-state index in [9.17, 15) is 9.59 Å². The summed E-state index contributed by atoms with van der Waals surface area (Å²) in [5.41, 5.74) is 0. The van der Waals surface area contributed by atoms with Gasteiger partial charge >= 0.3 is 12.0 Å². The van der Waals surface area contributed by atoms with Crippen molar-refractivity contribution in [3.05, 3.63) is 0 Å². The van der Waals surface area contributed by atoms with Gasteiger partial charge in [0.25, 0.3) is 0 Å². The molecule has 2 heterocycles. The normalized spacial score (nSPS) is 30.7. The number of likely N-dealkylation sites (tertiary alicyclic amines) is 2. The molecule has 0 aliphatic carbocycles. The van der Waals surface area contributed by atoms with Gasteiger partial charge < -0.3 is 20.2 Å². The zero-order chi connectivity index (χ0) is 14.7. The van der Waals surface area contributed by atoms with Crippen LogP contribution in [-0.2, 0) is 4.79 Å². The van der Waals surface area contributed by atoms with Crippen molar-refractivity contribution in [3.63, 3.8) is 0 Å². The minimum Gasteiger partial charge on any atom is -0.481 e. The van der Waals surface area contributed by atoms with Gasteiger partial charge in [0.2, 0.25) is 0 Å². The molecule has 20 heavy (non-hydrogen) atoms. The lowest BCUT2D eigenvalue weighted by Crippen LogP contribution is -2.45. The third kappa shape index (κ3) is 3.23. The first kappa shape index (κ1) is 15.1. The Labute approximate surface area is 120 Å². The first-order valence-electron chi connectivity index (χ1n) is 7.52. The SMILES string of the molecule is CCN1CCC(CNC(=O)N2CCC(C(=O)O)C2C)C1. The molecule has 2 fully saturated rings. The Kier molecular flexibility index (Phi) is 4.86. The first-order chi connectivity index (χ1) is 9.52. The van der Waals surface area contributed by atoms with Gasteiger partial charge in [-0.1, -0.05) is 6.92 Å². The number of hydrogen-bond donors (Lipinski definition) is 2. The second kappa shape index (κ2) is 6.43. The lowest BCUT2D eigenvalue weighted by molar-refractivity contribution is -0.142. The minimum absolute atomic E-state index is 0.115. The smallest absolute Gasteiger partial charge is 0.317 e. The fraction of sp³-hybridized carbons (Fsp3) is 0.857. The molecular weight excluding hydrogens is 258 g/mol. The van der Waals surface area contributed by atoms with Crippen molar-refractivity contribution in [1.82, 2.24) is 15.1 Å². The van der Waals surface area contributed by atoms with Crippen LogP contribution in [0, 0.1) is 11.8 Å². The molecule has 3 atom stereocenters. The summed E-state index contributed by atoms with van der Waals surface area (Å²) >= 11 is 0. The van der Waals surface area contributed by atoms with Crippen LogP contribution in [-0.4, -0.2) is 65.7 Å². The Bertz CT molecular complexity index is 375. The maximum atomic E-state index is 12.1. The molecule has 6 heteroatoms. The summed E-state index contributed by atoms with van der Waals surface area (Å²) in [5.74, 6) is -0.711. The molecule has 0 aromatic rings. The third-order valence-electron chi connectivity index (χ3n) is 4.69. The molecule has 3 unspecified atom stereocenters. The molecule has 2 saturated heterocycles. The fourth-order valence-electron chi connectivity index (χ4n) is 3.26. The van der Waals surface area contributed by atoms with Crippen LogP contribution in [0.1, 0.15) is 26.7 Å². The highest BCUT2D eigenvalue weighted by Gasteiger charge is 2.38. The van der Waals surface area contributed by atoms with Crippen LogP contribution in [0.25, 0.3) is 0 Å². The Hall–Kier alpha value is -1.30. The lowest BCUT2D eigenvalue weighted by atomic mass is 10.0. The molecule has 0 saturated carbocycles. The number of carbonyl (C=O) groups excluding carboxylic acids is 1. The number of carbonyl (C=O) groups is 2. The highest BCUT2D eigenvalue weighted by molar-refractivity contribution is 5.78. The Balaban J connectivity index is 1.77. The maximum Gasteiger partial charge on any atom is 0.317 e. The second-order valence-corrected chi connectivity index (χ2v) is 5.90. The summed E-state index contributed by atoms with van der Waals surface area (Å²) in [7, 11) is 0. The monoisotopic (exact) mass is 283 g/mol. The quantitative estimate of drug-likeness (QED) is 0.801. The molecule has 0 aromatic heterocycles. The second-order valence-electron chi connectivity index (χ2n) is 5.90. The van der Waals surface area contributed by atoms with Crippen molar-refractivity contribution >= 4 is 12.0 Å². The number of rotatable bonds is 4. The lowest BCUT2D eigenvalue weighted by Gasteiger charge is -2.24. The molecule has 2 rings (SSSR count). The number of amides is 2. The van der Waals surface area contributed by atoms with E-state index in [0.717, 1.165) is 26.1 Å². The number of nitrogens with zero attached hydrogens (tertiary/aromatic N) is 2. The van der Waals surface area contributed by atoms with E-state index in [0.29, 0.717) is 25.4 Å². The van der Waals surface area contributed by atoms with E-state index in [1.165, 1.54) is 0 Å². The molecule has 2 aliphatic heterocycles. The van der Waals surface area contributed by atoms with E-state index in [1.807, 2.05) is 6.92 Å². The van der Waals surface area contributed by atoms with Crippen molar-refractivity contribution in [2.45, 2.75) is 32.7 Å². The number of nitrogens with one attached hydrogen (secondary N) is 1. The van der Waals surface area contributed by atoms with Gasteiger partial charge in [-0.05, 0) is 38.8 Å². The Morgan fingerprint density at radius 3 is 2.60 bits per heavy atom. The highest BCUT2D eigenvalue weighted by Crippen LogP contribution is 2.24. The highest BCUT2D eigenvalue weighted by atomic mass is 16.4. The van der Waals surface area contributed by atoms with Gasteiger partial charge in [-0.3, -0.25) is 4.79 Å². The molecule has 2 amide bonds. The first-order valence-corrected chi connectivity index (χ1v) is 7.52. The van der Waals surface area contributed by atoms with Crippen LogP contribution in [0.5, 0.6) is 0 Å². The van der Waals surface area contributed by atoms with E-state index in [-0.39, 0.29) is 12.1 Å². The Morgan fingerprint density at radius 2 is 2.05 bits per heavy atom. The number of hydrogen-bond acceptors (Lipinski definition) is 3. The van der Waals surface area contributed by atoms with Crippen molar-refractivity contribution in [2.75, 3.05) is 32.7 Å². The number of carboxylic acids is 1. The third-order valence-corrected chi connectivity index (χ3v) is 4.69. The topological polar surface area (TPSA) is 72.9 Å². The van der Waals surface area contributed by atoms with E-state index < -0.39 is 11.9 Å². The molecule has 0 spiro atoms. The summed E-state index contributed by atoms with van der Waals surface area (Å²) < 4.78 is 0. The standard InChI is InChI=1S/C14H25N3O3/c1-3-16-6-4-11(9-16)8-15-14(20)17-7-5-12(10(17)2)13(18)19/h10-12H,3-9H2,1-2H3,(H,15,20)(H,18,19). The summed E-state index contributed by atoms with van der Waals surface area (Å²) in [6.45, 7) is 8.42. The summed E-state index contributed by atoms with van der Waals surface area (Å²) in [4.78, 5) is 27.2. The Morgan fingerprint density at radius 1 is 1.30 bits per heavy atom. The predicted octanol–water partition coefficient (Wildman–Crippen LogP) is 0.833. The van der Waals surface area contributed by atoms with E-state index in [1.54, 1.807) is 4.90 Å². The van der Waals surface area contributed by atoms with Crippen molar-refractivity contribution in [1.29, 1.82) is 0 Å². The minimum atomic E-state index is -0.804. The zero-order valence-electron chi connectivity index (χ0n) is 12.3. The van der Waals surface area contributed by atoms with E-state index in [4.69, 9.17) is 5.11 Å². The fourth-order valence-corrected chi connectivity index (χ4v) is 3.26. The van der Waals surface area contributed by atoms with Gasteiger partial charge in [0.15, 0.2) is 0 Å². The number of carboxylic acid groups (broad SMARTS) is 1. The molecule has 0 radical (unpaired) electrons. The molecule has 2 aliphatic rings. The molecule has 0 aromatic carbocycles. The number of urea groups is 1. The van der Waals surface area contributed by atoms with Crippen LogP contribution in [0.3, 0.4) is 0 Å². The summed E-state index contributed by atoms with van der Waals surface area (Å²) in [6, 6.07) is -0.334. The van der Waals surface area contributed by atoms with Crippen LogP contribution in [0.2, 0.25) is 0 Å². The summed E-state index contributed by atoms with van der Waals surface area (Å²) in [6.07, 6.45) is 1.68. The van der Waals surface area contributed by atoms with Crippen molar-refractivity contribution in [3.8, 4) is 0 Å².